The Morgan fingerprint density at radius 2 is 1.92 bits per heavy atom. The Morgan fingerprint density at radius 3 is 2.71 bits per heavy atom. The molecule has 0 saturated heterocycles. The van der Waals surface area contributed by atoms with E-state index in [1.54, 1.807) is 32.0 Å². The van der Waals surface area contributed by atoms with Gasteiger partial charge in [0.15, 0.2) is 0 Å². The van der Waals surface area contributed by atoms with Crippen LogP contribution in [0.5, 0.6) is 0 Å². The summed E-state index contributed by atoms with van der Waals surface area (Å²) in [5.41, 5.74) is 2.42. The molecule has 0 unspecified atom stereocenters. The molecule has 2 nitrogen and oxygen atoms in total. The van der Waals surface area contributed by atoms with Crippen molar-refractivity contribution in [3.63, 3.8) is 0 Å². The lowest BCUT2D eigenvalue weighted by molar-refractivity contribution is 0.669. The van der Waals surface area contributed by atoms with Gasteiger partial charge in [-0.25, -0.2) is 0 Å². The van der Waals surface area contributed by atoms with E-state index in [0.29, 0.717) is 38.8 Å². The van der Waals surface area contributed by atoms with Crippen molar-refractivity contribution < 1.29 is 14.0 Å². The summed E-state index contributed by atoms with van der Waals surface area (Å²) in [6, 6.07) is 12.0. The Balaban J connectivity index is 2.06. The normalized spacial score (nSPS) is 17.5. The van der Waals surface area contributed by atoms with Crippen molar-refractivity contribution in [3.05, 3.63) is 65.4 Å². The molecule has 0 spiro atoms. The van der Waals surface area contributed by atoms with Crippen molar-refractivity contribution in [2.45, 2.75) is 33.4 Å². The van der Waals surface area contributed by atoms with Crippen LogP contribution in [0, 0.1) is 13.7 Å². The maximum absolute atomic E-state index is 8.44. The molecule has 0 saturated carbocycles. The van der Waals surface area contributed by atoms with Gasteiger partial charge >= 0.3 is 0 Å². The van der Waals surface area contributed by atoms with E-state index in [4.69, 9.17) is 14.0 Å². The fourth-order valence-corrected chi connectivity index (χ4v) is 3.05. The van der Waals surface area contributed by atoms with Crippen LogP contribution >= 0.6 is 0 Å². The summed E-state index contributed by atoms with van der Waals surface area (Å²) < 4.78 is 61.7. The predicted octanol–water partition coefficient (Wildman–Crippen LogP) is 6.39. The third-order valence-corrected chi connectivity index (χ3v) is 4.24. The van der Waals surface area contributed by atoms with Gasteiger partial charge in [-0.2, -0.15) is 0 Å². The van der Waals surface area contributed by atoms with Crippen LogP contribution in [0.1, 0.15) is 46.0 Å². The number of nitrogens with zero attached hydrogens (tertiary/aromatic N) is 1. The molecule has 0 bridgehead atoms. The standard InChI is InChI=1S/C22H21NO/c1-13(2)18-11-19(23-12-15(18)4)16-10-9-14(3)21-17-7-5-6-8-20(17)24-22(16)21/h5-13H,1-4H3/i3D3,4D3,13D. The van der Waals surface area contributed by atoms with Crippen molar-refractivity contribution in [2.75, 3.05) is 0 Å². The van der Waals surface area contributed by atoms with Crippen LogP contribution in [-0.4, -0.2) is 4.98 Å². The van der Waals surface area contributed by atoms with Gasteiger partial charge in [0, 0.05) is 32.1 Å². The van der Waals surface area contributed by atoms with Gasteiger partial charge in [-0.15, -0.1) is 0 Å². The number of aromatic nitrogens is 1. The van der Waals surface area contributed by atoms with E-state index in [2.05, 4.69) is 4.98 Å². The van der Waals surface area contributed by atoms with Gasteiger partial charge in [-0.3, -0.25) is 4.98 Å². The lowest BCUT2D eigenvalue weighted by Crippen LogP contribution is -1.95. The number of benzene rings is 2. The first-order chi connectivity index (χ1) is 14.3. The zero-order chi connectivity index (χ0) is 22.8. The molecule has 4 aromatic rings. The van der Waals surface area contributed by atoms with Crippen LogP contribution in [0.3, 0.4) is 0 Å². The number of aryl methyl sites for hydroxylation is 2. The van der Waals surface area contributed by atoms with Gasteiger partial charge in [0.05, 0.1) is 5.69 Å². The molecule has 0 radical (unpaired) electrons. The van der Waals surface area contributed by atoms with Crippen molar-refractivity contribution in [1.29, 1.82) is 0 Å². The van der Waals surface area contributed by atoms with E-state index in [-0.39, 0.29) is 11.1 Å². The molecule has 120 valence electrons. The van der Waals surface area contributed by atoms with E-state index in [1.807, 2.05) is 18.2 Å². The fraction of sp³-hybridized carbons (Fsp3) is 0.227. The van der Waals surface area contributed by atoms with Crippen LogP contribution in [0.2, 0.25) is 0 Å². The summed E-state index contributed by atoms with van der Waals surface area (Å²) in [7, 11) is 0. The second-order valence-corrected chi connectivity index (χ2v) is 6.08. The average Bonchev–Trinajstić information content (AvgIpc) is 3.04. The molecular formula is C22H21NO. The molecule has 0 fully saturated rings. The van der Waals surface area contributed by atoms with E-state index in [1.165, 1.54) is 12.3 Å². The second-order valence-electron chi connectivity index (χ2n) is 6.08. The van der Waals surface area contributed by atoms with Crippen molar-refractivity contribution in [3.8, 4) is 11.3 Å². The largest absolute Gasteiger partial charge is 0.455 e. The van der Waals surface area contributed by atoms with Gasteiger partial charge in [-0.05, 0) is 54.5 Å². The number of hydrogen-bond donors (Lipinski definition) is 0. The zero-order valence-electron chi connectivity index (χ0n) is 20.5. The minimum atomic E-state index is -2.40. The van der Waals surface area contributed by atoms with Crippen molar-refractivity contribution >= 4 is 21.9 Å². The molecule has 0 N–H and O–H groups in total. The van der Waals surface area contributed by atoms with E-state index in [9.17, 15) is 0 Å². The summed E-state index contributed by atoms with van der Waals surface area (Å²) in [4.78, 5) is 4.36. The Bertz CT molecular complexity index is 1290. The number of pyridine rings is 1. The van der Waals surface area contributed by atoms with Gasteiger partial charge in [0.2, 0.25) is 0 Å². The average molecular weight is 322 g/mol. The quantitative estimate of drug-likeness (QED) is 0.427. The Kier molecular flexibility index (Phi) is 2.06. The first-order valence-corrected chi connectivity index (χ1v) is 7.74. The van der Waals surface area contributed by atoms with Crippen LogP contribution in [0.15, 0.2) is 53.1 Å². The van der Waals surface area contributed by atoms with E-state index >= 15 is 0 Å². The van der Waals surface area contributed by atoms with Crippen molar-refractivity contribution in [1.82, 2.24) is 4.98 Å². The lowest BCUT2D eigenvalue weighted by Gasteiger charge is -2.12. The molecule has 2 aromatic heterocycles. The summed E-state index contributed by atoms with van der Waals surface area (Å²) in [6.07, 6.45) is 1.28. The second kappa shape index (κ2) is 5.48. The van der Waals surface area contributed by atoms with Gasteiger partial charge < -0.3 is 4.42 Å². The molecule has 2 aromatic carbocycles. The van der Waals surface area contributed by atoms with Gasteiger partial charge in [0.25, 0.3) is 0 Å². The number of hydrogen-bond acceptors (Lipinski definition) is 2. The van der Waals surface area contributed by atoms with E-state index < -0.39 is 19.6 Å². The molecule has 24 heavy (non-hydrogen) atoms. The number of fused-ring (bicyclic) bond motifs is 3. The highest BCUT2D eigenvalue weighted by molar-refractivity contribution is 6.10. The molecule has 4 rings (SSSR count). The molecule has 0 amide bonds. The Hall–Kier alpha value is -2.61. The summed E-state index contributed by atoms with van der Waals surface area (Å²) >= 11 is 0. The van der Waals surface area contributed by atoms with Crippen LogP contribution in [0.4, 0.5) is 0 Å². The third-order valence-electron chi connectivity index (χ3n) is 4.24. The summed E-state index contributed by atoms with van der Waals surface area (Å²) in [6.45, 7) is -1.50. The Labute approximate surface area is 152 Å². The van der Waals surface area contributed by atoms with Crippen LogP contribution in [0.25, 0.3) is 33.2 Å². The van der Waals surface area contributed by atoms with Crippen molar-refractivity contribution in [2.24, 2.45) is 0 Å². The molecule has 0 atom stereocenters. The third kappa shape index (κ3) is 2.22. The SMILES string of the molecule is [2H]C([2H])([2H])c1cnc(-c2ccc(C([2H])([2H])[2H])c3c2oc2ccccc23)cc1C([2H])(C)C. The maximum atomic E-state index is 8.44. The van der Waals surface area contributed by atoms with E-state index in [0.717, 1.165) is 0 Å². The Morgan fingerprint density at radius 1 is 1.08 bits per heavy atom. The molecule has 2 heteroatoms. The molecular weight excluding hydrogens is 294 g/mol. The maximum Gasteiger partial charge on any atom is 0.145 e. The molecule has 0 aliphatic carbocycles. The number of para-hydroxylation sites is 1. The fourth-order valence-electron chi connectivity index (χ4n) is 3.05. The first kappa shape index (κ1) is 9.03. The summed E-state index contributed by atoms with van der Waals surface area (Å²) in [5, 5.41) is 1.17. The smallest absolute Gasteiger partial charge is 0.145 e. The highest BCUT2D eigenvalue weighted by Crippen LogP contribution is 2.37. The minimum absolute atomic E-state index is 0.0243. The monoisotopic (exact) mass is 322 g/mol. The summed E-state index contributed by atoms with van der Waals surface area (Å²) in [5.74, 6) is -1.17. The molecule has 2 heterocycles. The predicted molar refractivity (Wildman–Crippen MR) is 101 cm³/mol. The lowest BCUT2D eigenvalue weighted by atomic mass is 9.96. The van der Waals surface area contributed by atoms with Gasteiger partial charge in [0.1, 0.15) is 11.2 Å². The highest BCUT2D eigenvalue weighted by Gasteiger charge is 2.16. The number of rotatable bonds is 2. The highest BCUT2D eigenvalue weighted by atomic mass is 16.3. The first-order valence-electron chi connectivity index (χ1n) is 11.2. The number of furan rings is 1. The van der Waals surface area contributed by atoms with Crippen LogP contribution in [-0.2, 0) is 0 Å². The molecule has 0 aliphatic rings. The zero-order valence-corrected chi connectivity index (χ0v) is 13.5. The molecule has 0 aliphatic heterocycles. The van der Waals surface area contributed by atoms with Gasteiger partial charge in [-0.1, -0.05) is 38.1 Å². The van der Waals surface area contributed by atoms with Crippen LogP contribution < -0.4 is 0 Å². The minimum Gasteiger partial charge on any atom is -0.455 e. The topological polar surface area (TPSA) is 26.0 Å².